The molecule has 53 heavy (non-hydrogen) atoms. The smallest absolute Gasteiger partial charge is 0.0468 e. The molecule has 0 aromatic heterocycles. The summed E-state index contributed by atoms with van der Waals surface area (Å²) in [4.78, 5) is 4.70. The number of rotatable bonds is 8. The van der Waals surface area contributed by atoms with Crippen LogP contribution in [-0.2, 0) is 6.42 Å². The van der Waals surface area contributed by atoms with Gasteiger partial charge in [-0.2, -0.15) is 0 Å². The maximum absolute atomic E-state index is 2.36. The molecule has 9 rings (SSSR count). The molecule has 2 nitrogen and oxygen atoms in total. The van der Waals surface area contributed by atoms with Crippen LogP contribution < -0.4 is 9.80 Å². The lowest BCUT2D eigenvalue weighted by molar-refractivity contribution is 0.718. The maximum atomic E-state index is 2.36. The lowest BCUT2D eigenvalue weighted by Crippen LogP contribution is -2.10. The third-order valence-corrected chi connectivity index (χ3v) is 10.4. The molecule has 0 saturated carbocycles. The zero-order chi connectivity index (χ0) is 35.6. The minimum Gasteiger partial charge on any atom is -0.310 e. The fraction of sp³-hybridized carbons (Fsp3) is 0.0588. The molecule has 0 amide bonds. The Kier molecular flexibility index (Phi) is 8.63. The van der Waals surface area contributed by atoms with Gasteiger partial charge >= 0.3 is 0 Å². The van der Waals surface area contributed by atoms with Crippen LogP contribution in [0.2, 0.25) is 0 Å². The van der Waals surface area contributed by atoms with Crippen molar-refractivity contribution in [2.45, 2.75) is 13.3 Å². The van der Waals surface area contributed by atoms with Crippen molar-refractivity contribution >= 4 is 51.0 Å². The van der Waals surface area contributed by atoms with Crippen molar-refractivity contribution in [3.63, 3.8) is 0 Å². The molecule has 0 radical (unpaired) electrons. The quantitative estimate of drug-likeness (QED) is 0.158. The Labute approximate surface area is 312 Å². The minimum absolute atomic E-state index is 0.546. The molecule has 1 aliphatic rings. The molecule has 0 bridgehead atoms. The van der Waals surface area contributed by atoms with Crippen molar-refractivity contribution in [3.05, 3.63) is 211 Å². The Bertz CT molecular complexity index is 2520. The van der Waals surface area contributed by atoms with Gasteiger partial charge in [0.05, 0.1) is 0 Å². The highest BCUT2D eigenvalue weighted by Crippen LogP contribution is 2.41. The normalized spacial score (nSPS) is 13.4. The standard InChI is InChI=1S/C51H40N2/c1-37-20-21-41-14-11-19-50(51(41)34-37)42-26-30-47(31-27-42)53(45-17-9-4-10-18-45)49-33-25-40-24-32-48(35-43(40)36-49)52(44-15-7-3-8-16-44)46-28-22-39(23-29-46)38-12-5-2-6-13-38/h2-33,35-37H,34H2,1H3. The Morgan fingerprint density at radius 3 is 1.43 bits per heavy atom. The van der Waals surface area contributed by atoms with Gasteiger partial charge in [0.2, 0.25) is 0 Å². The van der Waals surface area contributed by atoms with E-state index in [9.17, 15) is 0 Å². The number of hydrogen-bond donors (Lipinski definition) is 0. The summed E-state index contributed by atoms with van der Waals surface area (Å²) < 4.78 is 0. The predicted molar refractivity (Wildman–Crippen MR) is 226 cm³/mol. The van der Waals surface area contributed by atoms with Crippen LogP contribution in [0.25, 0.3) is 39.1 Å². The first-order valence-electron chi connectivity index (χ1n) is 18.5. The van der Waals surface area contributed by atoms with Gasteiger partial charge in [-0.15, -0.1) is 0 Å². The predicted octanol–water partition coefficient (Wildman–Crippen LogP) is 14.3. The van der Waals surface area contributed by atoms with Gasteiger partial charge in [-0.25, -0.2) is 0 Å². The van der Waals surface area contributed by atoms with Gasteiger partial charge in [0.25, 0.3) is 0 Å². The van der Waals surface area contributed by atoms with Crippen molar-refractivity contribution in [1.29, 1.82) is 0 Å². The third kappa shape index (κ3) is 6.52. The van der Waals surface area contributed by atoms with E-state index in [-0.39, 0.29) is 0 Å². The van der Waals surface area contributed by atoms with Gasteiger partial charge in [0.1, 0.15) is 0 Å². The number of fused-ring (bicyclic) bond motifs is 2. The Balaban J connectivity index is 1.10. The number of benzene rings is 8. The van der Waals surface area contributed by atoms with E-state index >= 15 is 0 Å². The van der Waals surface area contributed by atoms with E-state index in [1.807, 2.05) is 0 Å². The number of nitrogens with zero attached hydrogens (tertiary/aromatic N) is 2. The number of hydrogen-bond acceptors (Lipinski definition) is 2. The van der Waals surface area contributed by atoms with E-state index in [4.69, 9.17) is 0 Å². The monoisotopic (exact) mass is 680 g/mol. The molecule has 0 saturated heterocycles. The van der Waals surface area contributed by atoms with Crippen LogP contribution in [0.4, 0.5) is 34.1 Å². The van der Waals surface area contributed by atoms with Crippen molar-refractivity contribution in [2.75, 3.05) is 9.80 Å². The van der Waals surface area contributed by atoms with E-state index < -0.39 is 0 Å². The molecule has 1 aliphatic carbocycles. The Hall–Kier alpha value is -6.64. The second kappa shape index (κ2) is 14.2. The van der Waals surface area contributed by atoms with Gasteiger partial charge < -0.3 is 9.80 Å². The van der Waals surface area contributed by atoms with Gasteiger partial charge in [-0.05, 0) is 129 Å². The second-order valence-electron chi connectivity index (χ2n) is 13.9. The highest BCUT2D eigenvalue weighted by molar-refractivity contribution is 5.93. The van der Waals surface area contributed by atoms with E-state index in [0.29, 0.717) is 5.92 Å². The highest BCUT2D eigenvalue weighted by Gasteiger charge is 2.18. The summed E-state index contributed by atoms with van der Waals surface area (Å²) in [5.74, 6) is 0.546. The van der Waals surface area contributed by atoms with Crippen molar-refractivity contribution in [2.24, 2.45) is 5.92 Å². The molecule has 8 aromatic carbocycles. The summed E-state index contributed by atoms with van der Waals surface area (Å²) in [5, 5.41) is 2.38. The molecule has 0 N–H and O–H groups in total. The first kappa shape index (κ1) is 32.3. The zero-order valence-corrected chi connectivity index (χ0v) is 29.8. The number of anilines is 6. The molecule has 0 heterocycles. The van der Waals surface area contributed by atoms with Gasteiger partial charge in [0, 0.05) is 34.1 Å². The molecule has 0 aliphatic heterocycles. The third-order valence-electron chi connectivity index (χ3n) is 10.4. The Morgan fingerprint density at radius 1 is 0.396 bits per heavy atom. The summed E-state index contributed by atoms with van der Waals surface area (Å²) in [7, 11) is 0. The SMILES string of the molecule is CC1C=Cc2cccc(-c3ccc(N(c4ccccc4)c4ccc5ccc(N(c6ccccc6)c6ccc(-c7ccccc7)cc6)cc5c4)cc3)c2C1. The molecule has 8 aromatic rings. The summed E-state index contributed by atoms with van der Waals surface area (Å²) in [6, 6.07) is 70.1. The highest BCUT2D eigenvalue weighted by atomic mass is 15.1. The van der Waals surface area contributed by atoms with E-state index in [2.05, 4.69) is 223 Å². The summed E-state index contributed by atoms with van der Waals surface area (Å²) in [6.07, 6.45) is 5.67. The minimum atomic E-state index is 0.546. The van der Waals surface area contributed by atoms with Crippen molar-refractivity contribution < 1.29 is 0 Å². The van der Waals surface area contributed by atoms with Gasteiger partial charge in [-0.3, -0.25) is 0 Å². The maximum Gasteiger partial charge on any atom is 0.0468 e. The van der Waals surface area contributed by atoms with Crippen molar-refractivity contribution in [3.8, 4) is 22.3 Å². The molecule has 2 heteroatoms. The topological polar surface area (TPSA) is 6.48 Å². The van der Waals surface area contributed by atoms with Crippen molar-refractivity contribution in [1.82, 2.24) is 0 Å². The zero-order valence-electron chi connectivity index (χ0n) is 29.8. The number of para-hydroxylation sites is 2. The van der Waals surface area contributed by atoms with E-state index in [0.717, 1.165) is 40.5 Å². The van der Waals surface area contributed by atoms with E-state index in [1.54, 1.807) is 0 Å². The molecule has 0 spiro atoms. The fourth-order valence-corrected chi connectivity index (χ4v) is 7.69. The first-order valence-corrected chi connectivity index (χ1v) is 18.5. The second-order valence-corrected chi connectivity index (χ2v) is 13.9. The molecular weight excluding hydrogens is 641 g/mol. The fourth-order valence-electron chi connectivity index (χ4n) is 7.69. The van der Waals surface area contributed by atoms with Crippen LogP contribution in [0.3, 0.4) is 0 Å². The van der Waals surface area contributed by atoms with Crippen LogP contribution in [0, 0.1) is 5.92 Å². The van der Waals surface area contributed by atoms with Crippen LogP contribution >= 0.6 is 0 Å². The number of allylic oxidation sites excluding steroid dienone is 1. The molecular formula is C51H40N2. The van der Waals surface area contributed by atoms with Gasteiger partial charge in [0.15, 0.2) is 0 Å². The molecule has 1 unspecified atom stereocenters. The lowest BCUT2D eigenvalue weighted by atomic mass is 9.85. The first-order chi connectivity index (χ1) is 26.2. The Morgan fingerprint density at radius 2 is 0.868 bits per heavy atom. The average Bonchev–Trinajstić information content (AvgIpc) is 3.22. The molecule has 1 atom stereocenters. The van der Waals surface area contributed by atoms with Crippen LogP contribution in [0.15, 0.2) is 200 Å². The van der Waals surface area contributed by atoms with Crippen LogP contribution in [0.5, 0.6) is 0 Å². The van der Waals surface area contributed by atoms with Gasteiger partial charge in [-0.1, -0.05) is 140 Å². The van der Waals surface area contributed by atoms with Crippen LogP contribution in [-0.4, -0.2) is 0 Å². The van der Waals surface area contributed by atoms with Crippen LogP contribution in [0.1, 0.15) is 18.1 Å². The lowest BCUT2D eigenvalue weighted by Gasteiger charge is -2.27. The summed E-state index contributed by atoms with van der Waals surface area (Å²) >= 11 is 0. The summed E-state index contributed by atoms with van der Waals surface area (Å²) in [5.41, 5.74) is 14.5. The molecule has 0 fully saturated rings. The van der Waals surface area contributed by atoms with E-state index in [1.165, 1.54) is 44.2 Å². The average molecular weight is 681 g/mol. The largest absolute Gasteiger partial charge is 0.310 e. The molecule has 254 valence electrons. The summed E-state index contributed by atoms with van der Waals surface area (Å²) in [6.45, 7) is 2.30.